The highest BCUT2D eigenvalue weighted by Gasteiger charge is 2.38. The van der Waals surface area contributed by atoms with E-state index >= 15 is 0 Å². The minimum atomic E-state index is 0.0342. The van der Waals surface area contributed by atoms with E-state index in [0.29, 0.717) is 18.1 Å². The summed E-state index contributed by atoms with van der Waals surface area (Å²) < 4.78 is 19.0. The highest BCUT2D eigenvalue weighted by atomic mass is 32.1. The third kappa shape index (κ3) is 3.55. The predicted molar refractivity (Wildman–Crippen MR) is 132 cm³/mol. The number of hydrogen-bond acceptors (Lipinski definition) is 9. The number of anilines is 3. The molecule has 2 bridgehead atoms. The third-order valence-electron chi connectivity index (χ3n) is 7.05. The van der Waals surface area contributed by atoms with E-state index in [4.69, 9.17) is 14.2 Å². The van der Waals surface area contributed by atoms with Crippen LogP contribution < -0.4 is 15.0 Å². The van der Waals surface area contributed by atoms with Crippen molar-refractivity contribution in [2.75, 3.05) is 36.5 Å². The van der Waals surface area contributed by atoms with E-state index in [1.54, 1.807) is 17.7 Å². The van der Waals surface area contributed by atoms with Crippen molar-refractivity contribution >= 4 is 49.6 Å². The van der Waals surface area contributed by atoms with E-state index in [2.05, 4.69) is 50.3 Å². The first-order valence-electron chi connectivity index (χ1n) is 11.7. The molecule has 0 amide bonds. The summed E-state index contributed by atoms with van der Waals surface area (Å²) in [4.78, 5) is 16.0. The number of fused-ring (bicyclic) bond motifs is 4. The molecule has 3 unspecified atom stereocenters. The smallest absolute Gasteiger partial charge is 0.145 e. The molecule has 4 saturated heterocycles. The van der Waals surface area contributed by atoms with Gasteiger partial charge in [0.15, 0.2) is 0 Å². The highest BCUT2D eigenvalue weighted by Crippen LogP contribution is 2.39. The van der Waals surface area contributed by atoms with Crippen molar-refractivity contribution in [1.29, 1.82) is 0 Å². The van der Waals surface area contributed by atoms with Gasteiger partial charge in [-0.15, -0.1) is 11.3 Å². The van der Waals surface area contributed by atoms with Gasteiger partial charge in [0.2, 0.25) is 0 Å². The first kappa shape index (κ1) is 20.4. The average Bonchev–Trinajstić information content (AvgIpc) is 3.25. The summed E-state index contributed by atoms with van der Waals surface area (Å²) in [6.07, 6.45) is 3.46. The van der Waals surface area contributed by atoms with Gasteiger partial charge in [-0.25, -0.2) is 15.0 Å². The Morgan fingerprint density at radius 2 is 1.94 bits per heavy atom. The zero-order valence-electron chi connectivity index (χ0n) is 18.8. The van der Waals surface area contributed by atoms with Crippen LogP contribution in [0.2, 0.25) is 0 Å². The summed E-state index contributed by atoms with van der Waals surface area (Å²) in [7, 11) is 0. The van der Waals surface area contributed by atoms with Gasteiger partial charge in [0.25, 0.3) is 0 Å². The van der Waals surface area contributed by atoms with Crippen molar-refractivity contribution in [1.82, 2.24) is 15.0 Å². The molecule has 0 aliphatic carbocycles. The maximum absolute atomic E-state index is 6.57. The maximum Gasteiger partial charge on any atom is 0.145 e. The minimum Gasteiger partial charge on any atom is -0.489 e. The van der Waals surface area contributed by atoms with Gasteiger partial charge < -0.3 is 24.4 Å². The molecule has 0 radical (unpaired) electrons. The number of nitrogens with zero attached hydrogens (tertiary/aromatic N) is 4. The Labute approximate surface area is 200 Å². The molecule has 2 aromatic carbocycles. The van der Waals surface area contributed by atoms with Crippen LogP contribution in [0, 0.1) is 5.92 Å². The number of aromatic nitrogens is 3. The van der Waals surface area contributed by atoms with Crippen LogP contribution in [0.5, 0.6) is 5.75 Å². The number of thiazole rings is 1. The number of nitrogens with one attached hydrogen (secondary N) is 1. The average molecular weight is 476 g/mol. The van der Waals surface area contributed by atoms with Gasteiger partial charge in [-0.1, -0.05) is 0 Å². The second-order valence-electron chi connectivity index (χ2n) is 9.36. The van der Waals surface area contributed by atoms with Gasteiger partial charge in [0, 0.05) is 42.9 Å². The van der Waals surface area contributed by atoms with Crippen LogP contribution in [0.25, 0.3) is 21.1 Å². The maximum atomic E-state index is 6.57. The lowest BCUT2D eigenvalue weighted by Gasteiger charge is -2.48. The molecule has 0 saturated carbocycles. The summed E-state index contributed by atoms with van der Waals surface area (Å²) >= 11 is 1.62. The van der Waals surface area contributed by atoms with Crippen LogP contribution in [-0.2, 0) is 9.47 Å². The molecule has 174 valence electrons. The lowest BCUT2D eigenvalue weighted by molar-refractivity contribution is -0.133. The molecule has 4 aliphatic rings. The fourth-order valence-electron chi connectivity index (χ4n) is 4.97. The number of rotatable bonds is 6. The lowest BCUT2D eigenvalue weighted by atomic mass is 9.98. The van der Waals surface area contributed by atoms with Crippen LogP contribution >= 0.6 is 11.3 Å². The Hall–Kier alpha value is -3.01. The van der Waals surface area contributed by atoms with Crippen LogP contribution in [0.3, 0.4) is 0 Å². The fraction of sp³-hybridized carbons (Fsp3) is 0.400. The Bertz CT molecular complexity index is 1360. The quantitative estimate of drug-likeness (QED) is 0.440. The van der Waals surface area contributed by atoms with Crippen LogP contribution in [0.4, 0.5) is 17.2 Å². The molecule has 34 heavy (non-hydrogen) atoms. The summed E-state index contributed by atoms with van der Waals surface area (Å²) in [5.74, 6) is 1.93. The molecule has 3 atom stereocenters. The number of hydrogen-bond donors (Lipinski definition) is 1. The molecular weight excluding hydrogens is 450 g/mol. The molecule has 8 rings (SSSR count). The topological polar surface area (TPSA) is 81.6 Å². The number of ether oxygens (including phenoxy) is 3. The summed E-state index contributed by atoms with van der Waals surface area (Å²) in [6.45, 7) is 5.39. The molecule has 6 heterocycles. The lowest BCUT2D eigenvalue weighted by Crippen LogP contribution is -2.57. The molecule has 8 nitrogen and oxygen atoms in total. The molecule has 2 aromatic heterocycles. The van der Waals surface area contributed by atoms with E-state index in [1.807, 2.05) is 17.6 Å². The van der Waals surface area contributed by atoms with Crippen molar-refractivity contribution in [3.8, 4) is 5.75 Å². The van der Waals surface area contributed by atoms with Crippen LogP contribution in [-0.4, -0.2) is 59.6 Å². The summed E-state index contributed by atoms with van der Waals surface area (Å²) in [5.41, 5.74) is 5.80. The van der Waals surface area contributed by atoms with Crippen LogP contribution in [0.1, 0.15) is 13.3 Å². The van der Waals surface area contributed by atoms with E-state index in [0.717, 1.165) is 76.8 Å². The second kappa shape index (κ2) is 8.04. The van der Waals surface area contributed by atoms with Gasteiger partial charge in [0.1, 0.15) is 24.0 Å². The fourth-order valence-corrected chi connectivity index (χ4v) is 5.68. The molecular formula is C25H25N5O3S. The molecule has 4 aliphatic heterocycles. The molecule has 4 aromatic rings. The van der Waals surface area contributed by atoms with E-state index < -0.39 is 0 Å². The summed E-state index contributed by atoms with van der Waals surface area (Å²) in [6, 6.07) is 10.4. The Kier molecular flexibility index (Phi) is 4.82. The normalized spacial score (nSPS) is 22.9. The van der Waals surface area contributed by atoms with E-state index in [-0.39, 0.29) is 6.10 Å². The highest BCUT2D eigenvalue weighted by molar-refractivity contribution is 7.16. The second-order valence-corrected chi connectivity index (χ2v) is 10.2. The monoisotopic (exact) mass is 475 g/mol. The van der Waals surface area contributed by atoms with E-state index in [9.17, 15) is 0 Å². The van der Waals surface area contributed by atoms with Gasteiger partial charge in [0.05, 0.1) is 52.1 Å². The SMILES string of the molecule is CC(Oc1cc(N2CC3CC(C2)O3)cc2ncnc(Nc3ccc4ncsc4c3)c12)C1COC1. The zero-order chi connectivity index (χ0) is 22.6. The Morgan fingerprint density at radius 1 is 1.09 bits per heavy atom. The van der Waals surface area contributed by atoms with Crippen molar-refractivity contribution in [2.45, 2.75) is 31.7 Å². The number of morpholine rings is 1. The van der Waals surface area contributed by atoms with E-state index in [1.165, 1.54) is 0 Å². The van der Waals surface area contributed by atoms with Gasteiger partial charge in [-0.2, -0.15) is 0 Å². The van der Waals surface area contributed by atoms with Crippen molar-refractivity contribution in [3.05, 3.63) is 42.2 Å². The molecule has 1 N–H and O–H groups in total. The zero-order valence-corrected chi connectivity index (χ0v) is 19.6. The van der Waals surface area contributed by atoms with Crippen molar-refractivity contribution < 1.29 is 14.2 Å². The first-order valence-corrected chi connectivity index (χ1v) is 12.6. The number of benzene rings is 2. The minimum absolute atomic E-state index is 0.0342. The first-order chi connectivity index (χ1) is 16.7. The van der Waals surface area contributed by atoms with Crippen molar-refractivity contribution in [2.24, 2.45) is 5.92 Å². The summed E-state index contributed by atoms with van der Waals surface area (Å²) in [5, 5.41) is 4.39. The largest absolute Gasteiger partial charge is 0.489 e. The van der Waals surface area contributed by atoms with Crippen molar-refractivity contribution in [3.63, 3.8) is 0 Å². The molecule has 0 spiro atoms. The molecule has 9 heteroatoms. The standard InChI is InChI=1S/C25H25N5O3S/c1-14(15-10-31-11-15)32-22-6-17(30-8-18-7-19(9-30)33-18)5-21-24(22)25(27-12-26-21)29-16-2-3-20-23(4-16)34-13-28-20/h2-6,12-15,18-19H,7-11H2,1H3,(H,26,27,29). The van der Waals surface area contributed by atoms with Gasteiger partial charge >= 0.3 is 0 Å². The predicted octanol–water partition coefficient (Wildman–Crippen LogP) is 4.37. The van der Waals surface area contributed by atoms with Gasteiger partial charge in [-0.3, -0.25) is 0 Å². The third-order valence-corrected chi connectivity index (χ3v) is 7.84. The van der Waals surface area contributed by atoms with Crippen LogP contribution in [0.15, 0.2) is 42.2 Å². The van der Waals surface area contributed by atoms with Gasteiger partial charge in [-0.05, 0) is 31.2 Å². The Balaban J connectivity index is 1.29. The Morgan fingerprint density at radius 3 is 2.74 bits per heavy atom. The number of piperidine rings is 1. The molecule has 4 fully saturated rings.